The second-order valence-electron chi connectivity index (χ2n) is 8.89. The van der Waals surface area contributed by atoms with Crippen molar-refractivity contribution in [3.8, 4) is 17.6 Å². The molecule has 0 radical (unpaired) electrons. The van der Waals surface area contributed by atoms with Crippen LogP contribution in [0.4, 0.5) is 5.69 Å². The van der Waals surface area contributed by atoms with E-state index in [4.69, 9.17) is 4.74 Å². The summed E-state index contributed by atoms with van der Waals surface area (Å²) in [5.41, 5.74) is 2.30. The van der Waals surface area contributed by atoms with Crippen LogP contribution in [0, 0.1) is 11.8 Å². The van der Waals surface area contributed by atoms with Crippen LogP contribution >= 0.6 is 0 Å². The Kier molecular flexibility index (Phi) is 8.21. The summed E-state index contributed by atoms with van der Waals surface area (Å²) in [7, 11) is 1.60. The molecule has 0 aliphatic carbocycles. The van der Waals surface area contributed by atoms with Gasteiger partial charge in [0.2, 0.25) is 0 Å². The number of carbonyl (C=O) groups excluding carboxylic acids is 3. The molecule has 0 bridgehead atoms. The van der Waals surface area contributed by atoms with E-state index in [1.165, 1.54) is 4.90 Å². The number of benzene rings is 2. The second-order valence-corrected chi connectivity index (χ2v) is 8.89. The fourth-order valence-corrected chi connectivity index (χ4v) is 4.16. The molecule has 1 saturated heterocycles. The number of hydrogen-bond donors (Lipinski definition) is 3. The highest BCUT2D eigenvalue weighted by molar-refractivity contribution is 6.35. The number of likely N-dealkylation sites (N-methyl/N-ethyl adjacent to an activating group) is 1. The molecule has 188 valence electrons. The average molecular weight is 491 g/mol. The molecule has 0 spiro atoms. The van der Waals surface area contributed by atoms with E-state index in [0.717, 1.165) is 24.1 Å². The number of carbonyl (C=O) groups is 3. The van der Waals surface area contributed by atoms with Gasteiger partial charge in [-0.3, -0.25) is 19.3 Å². The van der Waals surface area contributed by atoms with Crippen LogP contribution in [0.15, 0.2) is 48.5 Å². The van der Waals surface area contributed by atoms with E-state index >= 15 is 0 Å². The number of nitrogens with one attached hydrogen (secondary N) is 2. The van der Waals surface area contributed by atoms with Gasteiger partial charge in [-0.15, -0.1) is 0 Å². The molecular formula is C27H30N4O5. The van der Waals surface area contributed by atoms with Crippen molar-refractivity contribution in [2.24, 2.45) is 0 Å². The van der Waals surface area contributed by atoms with E-state index in [2.05, 4.69) is 27.4 Å². The molecule has 4 rings (SSSR count). The predicted molar refractivity (Wildman–Crippen MR) is 134 cm³/mol. The number of anilines is 1. The van der Waals surface area contributed by atoms with Gasteiger partial charge >= 0.3 is 11.8 Å². The lowest BCUT2D eigenvalue weighted by molar-refractivity contribution is -0.140. The topological polar surface area (TPSA) is 111 Å². The molecular weight excluding hydrogens is 460 g/mol. The van der Waals surface area contributed by atoms with Gasteiger partial charge in [0, 0.05) is 32.2 Å². The number of nitrogens with zero attached hydrogens (tertiary/aromatic N) is 2. The van der Waals surface area contributed by atoms with Gasteiger partial charge < -0.3 is 25.4 Å². The summed E-state index contributed by atoms with van der Waals surface area (Å²) >= 11 is 0. The lowest BCUT2D eigenvalue weighted by Crippen LogP contribution is -2.53. The van der Waals surface area contributed by atoms with Gasteiger partial charge in [0.25, 0.3) is 5.91 Å². The summed E-state index contributed by atoms with van der Waals surface area (Å²) in [4.78, 5) is 41.2. The normalized spacial score (nSPS) is 19.4. The van der Waals surface area contributed by atoms with Gasteiger partial charge in [0.15, 0.2) is 0 Å². The number of likely N-dealkylation sites (tertiary alicyclic amines) is 1. The zero-order valence-electron chi connectivity index (χ0n) is 20.2. The Morgan fingerprint density at radius 2 is 1.97 bits per heavy atom. The van der Waals surface area contributed by atoms with Crippen LogP contribution in [-0.2, 0) is 20.8 Å². The number of aliphatic hydroxyl groups excluding tert-OH is 1. The fraction of sp³-hybridized carbons (Fsp3) is 0.370. The quantitative estimate of drug-likeness (QED) is 0.411. The standard InChI is InChI=1S/C27H30N4O5/c1-30-23-16-20(8-5-14-31-15-12-21(32)17-31)9-10-24(23)36-18-22(27(30)35)29-26(34)25(33)28-13-11-19-6-3-2-4-7-19/h2-4,6-7,9-10,16,21-22,32H,11-15,17-18H2,1H3,(H,28,33)(H,29,34)/t21?,22-/m0/s1. The minimum Gasteiger partial charge on any atom is -0.489 e. The van der Waals surface area contributed by atoms with E-state index in [1.54, 1.807) is 19.2 Å². The first-order chi connectivity index (χ1) is 17.4. The Labute approximate surface area is 210 Å². The highest BCUT2D eigenvalue weighted by Crippen LogP contribution is 2.31. The van der Waals surface area contributed by atoms with Crippen LogP contribution < -0.4 is 20.3 Å². The van der Waals surface area contributed by atoms with Gasteiger partial charge in [-0.2, -0.15) is 0 Å². The average Bonchev–Trinajstić information content (AvgIpc) is 3.26. The first-order valence-corrected chi connectivity index (χ1v) is 12.0. The van der Waals surface area contributed by atoms with Crippen molar-refractivity contribution in [3.63, 3.8) is 0 Å². The summed E-state index contributed by atoms with van der Waals surface area (Å²) in [5.74, 6) is 4.61. The number of amides is 3. The molecule has 1 fully saturated rings. The third-order valence-electron chi connectivity index (χ3n) is 6.19. The summed E-state index contributed by atoms with van der Waals surface area (Å²) in [6, 6.07) is 13.9. The first-order valence-electron chi connectivity index (χ1n) is 12.0. The largest absolute Gasteiger partial charge is 0.489 e. The van der Waals surface area contributed by atoms with Crippen molar-refractivity contribution >= 4 is 23.4 Å². The summed E-state index contributed by atoms with van der Waals surface area (Å²) < 4.78 is 5.78. The van der Waals surface area contributed by atoms with E-state index in [1.807, 2.05) is 36.4 Å². The Morgan fingerprint density at radius 1 is 1.17 bits per heavy atom. The highest BCUT2D eigenvalue weighted by atomic mass is 16.5. The van der Waals surface area contributed by atoms with E-state index in [9.17, 15) is 19.5 Å². The maximum Gasteiger partial charge on any atom is 0.310 e. The van der Waals surface area contributed by atoms with Crippen molar-refractivity contribution < 1.29 is 24.2 Å². The number of rotatable bonds is 5. The number of hydrogen-bond acceptors (Lipinski definition) is 6. The Morgan fingerprint density at radius 3 is 2.72 bits per heavy atom. The number of fused-ring (bicyclic) bond motifs is 1. The zero-order valence-corrected chi connectivity index (χ0v) is 20.2. The Hall–Kier alpha value is -3.87. The minimum atomic E-state index is -1.01. The number of ether oxygens (including phenoxy) is 1. The molecule has 2 aliphatic rings. The fourth-order valence-electron chi connectivity index (χ4n) is 4.16. The molecule has 2 aromatic rings. The Bertz CT molecular complexity index is 1170. The smallest absolute Gasteiger partial charge is 0.310 e. The van der Waals surface area contributed by atoms with Gasteiger partial charge in [-0.25, -0.2) is 0 Å². The predicted octanol–water partition coefficient (Wildman–Crippen LogP) is 0.304. The van der Waals surface area contributed by atoms with E-state index in [0.29, 0.717) is 37.5 Å². The molecule has 2 aromatic carbocycles. The van der Waals surface area contributed by atoms with E-state index < -0.39 is 23.8 Å². The monoisotopic (exact) mass is 490 g/mol. The number of β-amino-alcohol motifs (C(OH)–C–C–N with tert-alkyl or cyclic N) is 1. The molecule has 3 N–H and O–H groups in total. The molecule has 2 aliphatic heterocycles. The Balaban J connectivity index is 1.32. The molecule has 3 amide bonds. The minimum absolute atomic E-state index is 0.0957. The van der Waals surface area contributed by atoms with E-state index in [-0.39, 0.29) is 12.7 Å². The summed E-state index contributed by atoms with van der Waals surface area (Å²) in [6.07, 6.45) is 1.07. The lowest BCUT2D eigenvalue weighted by Gasteiger charge is -2.20. The molecule has 36 heavy (non-hydrogen) atoms. The second kappa shape index (κ2) is 11.7. The van der Waals surface area contributed by atoms with Gasteiger partial charge in [0.1, 0.15) is 18.4 Å². The van der Waals surface area contributed by atoms with Gasteiger partial charge in [-0.05, 0) is 36.6 Å². The van der Waals surface area contributed by atoms with Crippen molar-refractivity contribution in [2.45, 2.75) is 25.0 Å². The van der Waals surface area contributed by atoms with Crippen LogP contribution in [0.3, 0.4) is 0 Å². The maximum absolute atomic E-state index is 13.0. The van der Waals surface area contributed by atoms with Crippen LogP contribution in [0.1, 0.15) is 17.5 Å². The summed E-state index contributed by atoms with van der Waals surface area (Å²) in [5, 5.41) is 14.7. The molecule has 0 saturated carbocycles. The van der Waals surface area contributed by atoms with Crippen molar-refractivity contribution in [2.75, 3.05) is 44.7 Å². The molecule has 2 atom stereocenters. The van der Waals surface area contributed by atoms with Crippen LogP contribution in [-0.4, -0.2) is 79.7 Å². The first kappa shape index (κ1) is 25.2. The van der Waals surface area contributed by atoms with Crippen molar-refractivity contribution in [3.05, 3.63) is 59.7 Å². The molecule has 9 nitrogen and oxygen atoms in total. The highest BCUT2D eigenvalue weighted by Gasteiger charge is 2.32. The molecule has 0 aromatic heterocycles. The lowest BCUT2D eigenvalue weighted by atomic mass is 10.1. The van der Waals surface area contributed by atoms with Crippen molar-refractivity contribution in [1.29, 1.82) is 0 Å². The zero-order chi connectivity index (χ0) is 25.5. The van der Waals surface area contributed by atoms with Crippen LogP contribution in [0.2, 0.25) is 0 Å². The summed E-state index contributed by atoms with van der Waals surface area (Å²) in [6.45, 7) is 2.21. The molecule has 2 heterocycles. The third-order valence-corrected chi connectivity index (χ3v) is 6.19. The van der Waals surface area contributed by atoms with Gasteiger partial charge in [0.05, 0.1) is 18.3 Å². The maximum atomic E-state index is 13.0. The van der Waals surface area contributed by atoms with Crippen LogP contribution in [0.25, 0.3) is 0 Å². The van der Waals surface area contributed by atoms with Crippen LogP contribution in [0.5, 0.6) is 5.75 Å². The molecule has 9 heteroatoms. The van der Waals surface area contributed by atoms with Crippen molar-refractivity contribution in [1.82, 2.24) is 15.5 Å². The SMILES string of the molecule is CN1C(=O)[C@@H](NC(=O)C(=O)NCCc2ccccc2)COc2ccc(C#CCN3CCC(O)C3)cc21. The molecule has 1 unspecified atom stereocenters. The third kappa shape index (κ3) is 6.42. The number of aliphatic hydroxyl groups is 1. The van der Waals surface area contributed by atoms with Gasteiger partial charge in [-0.1, -0.05) is 42.2 Å².